The van der Waals surface area contributed by atoms with Gasteiger partial charge in [-0.1, -0.05) is 31.7 Å². The molecule has 1 amide bonds. The first-order valence-corrected chi connectivity index (χ1v) is 13.1. The highest BCUT2D eigenvalue weighted by atomic mass is 31.2. The molecule has 0 aliphatic heterocycles. The zero-order valence-corrected chi connectivity index (χ0v) is 20.1. The molecule has 0 aromatic carbocycles. The molecule has 0 unspecified atom stereocenters. The van der Waals surface area contributed by atoms with Crippen LogP contribution in [0.2, 0.25) is 0 Å². The molecule has 0 bridgehead atoms. The molecule has 0 spiro atoms. The first kappa shape index (κ1) is 26.4. The maximum atomic E-state index is 13.1. The molecule has 1 saturated carbocycles. The number of imidazole rings is 1. The van der Waals surface area contributed by atoms with Gasteiger partial charge < -0.3 is 18.9 Å². The highest BCUT2D eigenvalue weighted by molar-refractivity contribution is 7.53. The van der Waals surface area contributed by atoms with Crippen molar-refractivity contribution < 1.29 is 31.6 Å². The smallest absolute Gasteiger partial charge is 0.324 e. The summed E-state index contributed by atoms with van der Waals surface area (Å²) in [5, 5.41) is 2.69. The largest absolute Gasteiger partial charge is 0.434 e. The minimum Gasteiger partial charge on any atom is -0.324 e. The summed E-state index contributed by atoms with van der Waals surface area (Å²) in [5.41, 5.74) is -0.428. The normalized spacial score (nSPS) is 16.0. The number of hydrogen-bond donors (Lipinski definition) is 1. The Hall–Kier alpha value is -2.23. The highest BCUT2D eigenvalue weighted by Gasteiger charge is 2.35. The zero-order chi connectivity index (χ0) is 24.8. The van der Waals surface area contributed by atoms with E-state index in [4.69, 9.17) is 9.05 Å². The number of hydrogen-bond acceptors (Lipinski definition) is 6. The van der Waals surface area contributed by atoms with Crippen LogP contribution in [0.3, 0.4) is 0 Å². The molecule has 3 rings (SSSR count). The molecule has 2 aromatic rings. The summed E-state index contributed by atoms with van der Waals surface area (Å²) in [6.45, 7) is 3.93. The van der Waals surface area contributed by atoms with Crippen LogP contribution < -0.4 is 5.32 Å². The third-order valence-corrected chi connectivity index (χ3v) is 7.75. The first-order valence-electron chi connectivity index (χ1n) is 11.4. The second kappa shape index (κ2) is 11.5. The quantitative estimate of drug-likeness (QED) is 0.389. The topological polar surface area (TPSA) is 95.3 Å². The lowest BCUT2D eigenvalue weighted by molar-refractivity contribution is -0.141. The lowest BCUT2D eigenvalue weighted by Crippen LogP contribution is -2.27. The van der Waals surface area contributed by atoms with Crippen molar-refractivity contribution in [3.63, 3.8) is 0 Å². The second-order valence-corrected chi connectivity index (χ2v) is 10.3. The van der Waals surface area contributed by atoms with E-state index in [1.807, 2.05) is 0 Å². The fraction of sp³-hybridized carbons (Fsp3) is 0.591. The van der Waals surface area contributed by atoms with Crippen LogP contribution >= 0.6 is 7.60 Å². The predicted octanol–water partition coefficient (Wildman–Crippen LogP) is 5.82. The van der Waals surface area contributed by atoms with Crippen molar-refractivity contribution in [2.45, 2.75) is 64.3 Å². The Morgan fingerprint density at radius 2 is 1.88 bits per heavy atom. The first-order chi connectivity index (χ1) is 16.1. The fourth-order valence-corrected chi connectivity index (χ4v) is 5.80. The molecule has 12 heteroatoms. The molecule has 1 N–H and O–H groups in total. The predicted molar refractivity (Wildman–Crippen MR) is 120 cm³/mol. The number of carbonyl (C=O) groups is 1. The number of carbonyl (C=O) groups excluding carboxylic acids is 1. The number of aromatic nitrogens is 3. The van der Waals surface area contributed by atoms with E-state index in [0.29, 0.717) is 12.0 Å². The Bertz CT molecular complexity index is 981. The molecule has 2 heterocycles. The van der Waals surface area contributed by atoms with Gasteiger partial charge in [0.1, 0.15) is 11.9 Å². The van der Waals surface area contributed by atoms with Gasteiger partial charge in [0.2, 0.25) is 5.91 Å². The van der Waals surface area contributed by atoms with Crippen molar-refractivity contribution in [1.29, 1.82) is 0 Å². The second-order valence-electron chi connectivity index (χ2n) is 8.25. The van der Waals surface area contributed by atoms with Crippen LogP contribution in [0.5, 0.6) is 0 Å². The summed E-state index contributed by atoms with van der Waals surface area (Å²) in [6.07, 6.45) is 3.24. The van der Waals surface area contributed by atoms with Crippen molar-refractivity contribution >= 4 is 19.3 Å². The Morgan fingerprint density at radius 1 is 1.21 bits per heavy atom. The van der Waals surface area contributed by atoms with Crippen LogP contribution in [0.4, 0.5) is 19.0 Å². The Balaban J connectivity index is 1.73. The number of alkyl halides is 3. The van der Waals surface area contributed by atoms with Crippen LogP contribution in [-0.4, -0.2) is 33.7 Å². The average Bonchev–Trinajstić information content (AvgIpc) is 3.45. The molecule has 1 fully saturated rings. The molecule has 0 radical (unpaired) electrons. The van der Waals surface area contributed by atoms with Crippen molar-refractivity contribution in [2.24, 2.45) is 5.92 Å². The molecule has 0 saturated heterocycles. The fourth-order valence-electron chi connectivity index (χ4n) is 4.13. The van der Waals surface area contributed by atoms with Gasteiger partial charge >= 0.3 is 13.8 Å². The molecule has 34 heavy (non-hydrogen) atoms. The molecule has 1 aliphatic carbocycles. The van der Waals surface area contributed by atoms with E-state index in [1.165, 1.54) is 10.8 Å². The summed E-state index contributed by atoms with van der Waals surface area (Å²) < 4.78 is 63.6. The Labute approximate surface area is 196 Å². The van der Waals surface area contributed by atoms with Crippen LogP contribution in [0.15, 0.2) is 30.9 Å². The molecule has 8 nitrogen and oxygen atoms in total. The van der Waals surface area contributed by atoms with Gasteiger partial charge in [0.05, 0.1) is 25.7 Å². The van der Waals surface area contributed by atoms with Crippen molar-refractivity contribution in [2.75, 3.05) is 18.5 Å². The summed E-state index contributed by atoms with van der Waals surface area (Å²) in [6, 6.07) is 2.36. The van der Waals surface area contributed by atoms with E-state index in [2.05, 4.69) is 15.3 Å². The number of amides is 1. The number of pyridine rings is 1. The molecular weight excluding hydrogens is 472 g/mol. The number of nitrogens with zero attached hydrogens (tertiary/aromatic N) is 3. The number of anilines is 1. The molecular formula is C22H30F3N4O4P. The summed E-state index contributed by atoms with van der Waals surface area (Å²) >= 11 is 0. The Morgan fingerprint density at radius 3 is 2.41 bits per heavy atom. The van der Waals surface area contributed by atoms with E-state index in [-0.39, 0.29) is 31.1 Å². The van der Waals surface area contributed by atoms with E-state index < -0.39 is 31.4 Å². The van der Waals surface area contributed by atoms with Gasteiger partial charge in [-0.2, -0.15) is 13.2 Å². The highest BCUT2D eigenvalue weighted by Crippen LogP contribution is 2.51. The molecule has 2 aromatic heterocycles. The van der Waals surface area contributed by atoms with Gasteiger partial charge in [0.15, 0.2) is 5.69 Å². The SMILES string of the molecule is CCOP(=O)(Cc1ccc(NC(=O)[C@H](CC2CCCC2)n2cnc(C(F)(F)F)c2)nc1)OCC. The van der Waals surface area contributed by atoms with E-state index in [0.717, 1.165) is 38.2 Å². The molecule has 1 atom stereocenters. The molecule has 188 valence electrons. The summed E-state index contributed by atoms with van der Waals surface area (Å²) in [7, 11) is -3.30. The third kappa shape index (κ3) is 7.13. The zero-order valence-electron chi connectivity index (χ0n) is 19.3. The van der Waals surface area contributed by atoms with Gasteiger partial charge in [-0.15, -0.1) is 0 Å². The van der Waals surface area contributed by atoms with Gasteiger partial charge in [-0.25, -0.2) is 9.97 Å². The van der Waals surface area contributed by atoms with Crippen molar-refractivity contribution in [1.82, 2.24) is 14.5 Å². The van der Waals surface area contributed by atoms with Gasteiger partial charge in [0.25, 0.3) is 0 Å². The van der Waals surface area contributed by atoms with Crippen LogP contribution in [0.1, 0.15) is 63.3 Å². The maximum Gasteiger partial charge on any atom is 0.434 e. The minimum absolute atomic E-state index is 0.0372. The number of nitrogens with one attached hydrogen (secondary N) is 1. The van der Waals surface area contributed by atoms with Crippen molar-refractivity contribution in [3.05, 3.63) is 42.1 Å². The average molecular weight is 502 g/mol. The van der Waals surface area contributed by atoms with E-state index in [1.54, 1.807) is 26.0 Å². The number of rotatable bonds is 11. The Kier molecular flexibility index (Phi) is 8.89. The molecule has 1 aliphatic rings. The number of halogens is 3. The maximum absolute atomic E-state index is 13.1. The van der Waals surface area contributed by atoms with Gasteiger partial charge in [0, 0.05) is 12.4 Å². The standard InChI is InChI=1S/C22H30F3N4O4P/c1-3-32-34(31,33-4-2)14-17-9-10-20(26-12-17)28-21(30)18(11-16-7-5-6-8-16)29-13-19(27-15-29)22(23,24)25/h9-10,12-13,15-16,18H,3-8,11,14H2,1-2H3,(H,26,28,30)/t18-/m0/s1. The minimum atomic E-state index is -4.58. The third-order valence-electron chi connectivity index (χ3n) is 5.69. The van der Waals surface area contributed by atoms with E-state index in [9.17, 15) is 22.5 Å². The van der Waals surface area contributed by atoms with Gasteiger partial charge in [-0.05, 0) is 37.8 Å². The van der Waals surface area contributed by atoms with Crippen LogP contribution in [0.25, 0.3) is 0 Å². The summed E-state index contributed by atoms with van der Waals surface area (Å²) in [5.74, 6) is 0.0330. The summed E-state index contributed by atoms with van der Waals surface area (Å²) in [4.78, 5) is 20.7. The van der Waals surface area contributed by atoms with E-state index >= 15 is 0 Å². The van der Waals surface area contributed by atoms with Crippen LogP contribution in [-0.2, 0) is 30.7 Å². The monoisotopic (exact) mass is 502 g/mol. The lowest BCUT2D eigenvalue weighted by atomic mass is 9.97. The lowest BCUT2D eigenvalue weighted by Gasteiger charge is -2.21. The van der Waals surface area contributed by atoms with Crippen molar-refractivity contribution in [3.8, 4) is 0 Å². The van der Waals surface area contributed by atoms with Crippen LogP contribution in [0, 0.1) is 5.92 Å². The van der Waals surface area contributed by atoms with Gasteiger partial charge in [-0.3, -0.25) is 9.36 Å².